The molecule has 36 heavy (non-hydrogen) atoms. The van der Waals surface area contributed by atoms with Crippen LogP contribution in [0.2, 0.25) is 0 Å². The van der Waals surface area contributed by atoms with Crippen molar-refractivity contribution < 1.29 is 9.84 Å². The normalized spacial score (nSPS) is 13.8. The van der Waals surface area contributed by atoms with Gasteiger partial charge in [-0.3, -0.25) is 4.90 Å². The number of hydrogen-bond acceptors (Lipinski definition) is 6. The Balaban J connectivity index is 1.32. The number of morpholine rings is 1. The van der Waals surface area contributed by atoms with Crippen LogP contribution in [-0.2, 0) is 17.8 Å². The molecule has 1 saturated heterocycles. The van der Waals surface area contributed by atoms with Crippen molar-refractivity contribution in [2.75, 3.05) is 31.6 Å². The number of fused-ring (bicyclic) bond motifs is 1. The monoisotopic (exact) mass is 478 g/mol. The molecule has 0 spiro atoms. The van der Waals surface area contributed by atoms with E-state index < -0.39 is 0 Å². The van der Waals surface area contributed by atoms with Gasteiger partial charge < -0.3 is 15.2 Å². The molecule has 182 valence electrons. The number of anilines is 1. The standard InChI is InChI=1S/C30H30N4O2/c1-21-13-24(19-34-9-11-36-12-10-34)15-27(14-21)32-18-26-6-3-22(2)28(30(26)35)8-5-23-4-7-25-17-31-20-33-29(25)16-23/h3-4,6-7,13-17,20,32,35H,9-12,18-19H2,1-2H3. The van der Waals surface area contributed by atoms with E-state index >= 15 is 0 Å². The molecule has 2 N–H and O–H groups in total. The largest absolute Gasteiger partial charge is 0.506 e. The molecule has 5 rings (SSSR count). The Kier molecular flexibility index (Phi) is 7.13. The van der Waals surface area contributed by atoms with Crippen molar-refractivity contribution in [2.45, 2.75) is 26.9 Å². The van der Waals surface area contributed by atoms with E-state index in [9.17, 15) is 5.11 Å². The Labute approximate surface area is 212 Å². The summed E-state index contributed by atoms with van der Waals surface area (Å²) in [7, 11) is 0. The molecule has 0 atom stereocenters. The van der Waals surface area contributed by atoms with Gasteiger partial charge in [0.15, 0.2) is 0 Å². The zero-order valence-corrected chi connectivity index (χ0v) is 20.7. The van der Waals surface area contributed by atoms with Crippen molar-refractivity contribution in [1.29, 1.82) is 0 Å². The molecule has 4 aromatic rings. The second kappa shape index (κ2) is 10.8. The van der Waals surface area contributed by atoms with E-state index in [4.69, 9.17) is 4.74 Å². The molecule has 0 saturated carbocycles. The summed E-state index contributed by atoms with van der Waals surface area (Å²) in [5.74, 6) is 6.58. The average molecular weight is 479 g/mol. The van der Waals surface area contributed by atoms with E-state index in [1.54, 1.807) is 6.20 Å². The molecule has 0 aliphatic carbocycles. The van der Waals surface area contributed by atoms with Gasteiger partial charge in [-0.05, 0) is 54.8 Å². The zero-order chi connectivity index (χ0) is 24.9. The average Bonchev–Trinajstić information content (AvgIpc) is 2.88. The summed E-state index contributed by atoms with van der Waals surface area (Å²) in [6.45, 7) is 9.02. The number of aryl methyl sites for hydroxylation is 2. The molecule has 0 amide bonds. The molecule has 0 unspecified atom stereocenters. The summed E-state index contributed by atoms with van der Waals surface area (Å²) in [4.78, 5) is 10.8. The molecule has 0 bridgehead atoms. The summed E-state index contributed by atoms with van der Waals surface area (Å²) in [5.41, 5.74) is 7.63. The first-order chi connectivity index (χ1) is 17.5. The molecule has 3 aromatic carbocycles. The summed E-state index contributed by atoms with van der Waals surface area (Å²) >= 11 is 0. The number of aromatic nitrogens is 2. The third-order valence-corrected chi connectivity index (χ3v) is 6.44. The third-order valence-electron chi connectivity index (χ3n) is 6.44. The van der Waals surface area contributed by atoms with Gasteiger partial charge in [-0.1, -0.05) is 36.1 Å². The second-order valence-electron chi connectivity index (χ2n) is 9.26. The Hall–Kier alpha value is -3.92. The highest BCUT2D eigenvalue weighted by atomic mass is 16.5. The highest BCUT2D eigenvalue weighted by Crippen LogP contribution is 2.27. The van der Waals surface area contributed by atoms with Crippen LogP contribution in [0.3, 0.4) is 0 Å². The molecule has 1 aromatic heterocycles. The van der Waals surface area contributed by atoms with E-state index in [-0.39, 0.29) is 5.75 Å². The maximum absolute atomic E-state index is 11.0. The summed E-state index contributed by atoms with van der Waals surface area (Å²) in [5, 5.41) is 15.5. The van der Waals surface area contributed by atoms with Gasteiger partial charge in [0.05, 0.1) is 24.3 Å². The Morgan fingerprint density at radius 1 is 1.03 bits per heavy atom. The lowest BCUT2D eigenvalue weighted by Gasteiger charge is -2.27. The number of rotatable bonds is 5. The predicted molar refractivity (Wildman–Crippen MR) is 143 cm³/mol. The number of nitrogens with zero attached hydrogens (tertiary/aromatic N) is 3. The molecular weight excluding hydrogens is 448 g/mol. The highest BCUT2D eigenvalue weighted by molar-refractivity contribution is 5.79. The molecule has 6 heteroatoms. The highest BCUT2D eigenvalue weighted by Gasteiger charge is 2.12. The van der Waals surface area contributed by atoms with Crippen molar-refractivity contribution in [3.63, 3.8) is 0 Å². The summed E-state index contributed by atoms with van der Waals surface area (Å²) in [6.07, 6.45) is 3.32. The molecule has 1 fully saturated rings. The fraction of sp³-hybridized carbons (Fsp3) is 0.267. The van der Waals surface area contributed by atoms with E-state index in [0.29, 0.717) is 12.1 Å². The van der Waals surface area contributed by atoms with E-state index in [2.05, 4.69) is 57.1 Å². The van der Waals surface area contributed by atoms with Gasteiger partial charge in [0, 0.05) is 54.6 Å². The van der Waals surface area contributed by atoms with Crippen LogP contribution < -0.4 is 5.32 Å². The van der Waals surface area contributed by atoms with Gasteiger partial charge >= 0.3 is 0 Å². The first-order valence-corrected chi connectivity index (χ1v) is 12.2. The Morgan fingerprint density at radius 3 is 2.75 bits per heavy atom. The van der Waals surface area contributed by atoms with Crippen molar-refractivity contribution in [3.05, 3.63) is 94.4 Å². The van der Waals surface area contributed by atoms with Crippen LogP contribution >= 0.6 is 0 Å². The molecule has 2 heterocycles. The predicted octanol–water partition coefficient (Wildman–Crippen LogP) is 4.80. The van der Waals surface area contributed by atoms with E-state index in [1.165, 1.54) is 17.5 Å². The molecule has 1 aliphatic heterocycles. The van der Waals surface area contributed by atoms with Crippen molar-refractivity contribution >= 4 is 16.6 Å². The van der Waals surface area contributed by atoms with Gasteiger partial charge in [-0.15, -0.1) is 0 Å². The van der Waals surface area contributed by atoms with Crippen molar-refractivity contribution in [3.8, 4) is 17.6 Å². The van der Waals surface area contributed by atoms with Gasteiger partial charge in [-0.2, -0.15) is 0 Å². The fourth-order valence-electron chi connectivity index (χ4n) is 4.49. The summed E-state index contributed by atoms with van der Waals surface area (Å²) in [6, 6.07) is 16.4. The maximum Gasteiger partial charge on any atom is 0.136 e. The second-order valence-corrected chi connectivity index (χ2v) is 9.26. The molecule has 0 radical (unpaired) electrons. The van der Waals surface area contributed by atoms with Gasteiger partial charge in [-0.25, -0.2) is 9.97 Å². The number of phenols is 1. The van der Waals surface area contributed by atoms with Crippen molar-refractivity contribution in [1.82, 2.24) is 14.9 Å². The van der Waals surface area contributed by atoms with Gasteiger partial charge in [0.1, 0.15) is 12.1 Å². The first kappa shape index (κ1) is 23.8. The van der Waals surface area contributed by atoms with E-state index in [0.717, 1.165) is 66.1 Å². The van der Waals surface area contributed by atoms with Crippen LogP contribution in [0, 0.1) is 25.7 Å². The molecule has 6 nitrogen and oxygen atoms in total. The molecular formula is C30H30N4O2. The van der Waals surface area contributed by atoms with Crippen LogP contribution in [0.25, 0.3) is 10.9 Å². The number of benzene rings is 3. The lowest BCUT2D eigenvalue weighted by Crippen LogP contribution is -2.35. The van der Waals surface area contributed by atoms with Gasteiger partial charge in [0.2, 0.25) is 0 Å². The minimum Gasteiger partial charge on any atom is -0.506 e. The van der Waals surface area contributed by atoms with Crippen LogP contribution in [0.5, 0.6) is 5.75 Å². The quantitative estimate of drug-likeness (QED) is 0.402. The number of nitrogens with one attached hydrogen (secondary N) is 1. The molecule has 1 aliphatic rings. The number of hydrogen-bond donors (Lipinski definition) is 2. The Bertz CT molecular complexity index is 1450. The SMILES string of the molecule is Cc1cc(CN2CCOCC2)cc(NCc2ccc(C)c(C#Cc3ccc4cncnc4c3)c2O)c1. The minimum absolute atomic E-state index is 0.222. The fourth-order valence-corrected chi connectivity index (χ4v) is 4.49. The van der Waals surface area contributed by atoms with Crippen LogP contribution in [0.15, 0.2) is 61.1 Å². The Morgan fingerprint density at radius 2 is 1.89 bits per heavy atom. The lowest BCUT2D eigenvalue weighted by molar-refractivity contribution is 0.0342. The van der Waals surface area contributed by atoms with Crippen LogP contribution in [0.4, 0.5) is 5.69 Å². The van der Waals surface area contributed by atoms with Crippen LogP contribution in [-0.4, -0.2) is 46.3 Å². The number of aromatic hydroxyl groups is 1. The lowest BCUT2D eigenvalue weighted by atomic mass is 10.0. The van der Waals surface area contributed by atoms with Crippen LogP contribution in [0.1, 0.15) is 33.4 Å². The van der Waals surface area contributed by atoms with E-state index in [1.807, 2.05) is 37.3 Å². The third kappa shape index (κ3) is 5.65. The topological polar surface area (TPSA) is 70.5 Å². The smallest absolute Gasteiger partial charge is 0.136 e. The number of phenolic OH excluding ortho intramolecular Hbond substituents is 1. The summed E-state index contributed by atoms with van der Waals surface area (Å²) < 4.78 is 5.47. The first-order valence-electron chi connectivity index (χ1n) is 12.2. The minimum atomic E-state index is 0.222. The zero-order valence-electron chi connectivity index (χ0n) is 20.7. The van der Waals surface area contributed by atoms with Gasteiger partial charge in [0.25, 0.3) is 0 Å². The maximum atomic E-state index is 11.0. The van der Waals surface area contributed by atoms with Crippen molar-refractivity contribution in [2.24, 2.45) is 0 Å². The number of ether oxygens (including phenoxy) is 1.